The zero-order valence-corrected chi connectivity index (χ0v) is 17.8. The third-order valence-electron chi connectivity index (χ3n) is 7.43. The van der Waals surface area contributed by atoms with Crippen molar-refractivity contribution in [1.82, 2.24) is 5.06 Å². The van der Waals surface area contributed by atoms with Gasteiger partial charge in [0, 0.05) is 6.04 Å². The van der Waals surface area contributed by atoms with Gasteiger partial charge in [-0.15, -0.1) is 0 Å². The molecule has 1 aliphatic carbocycles. The lowest BCUT2D eigenvalue weighted by Gasteiger charge is -2.52. The van der Waals surface area contributed by atoms with Gasteiger partial charge in [-0.25, -0.2) is 0 Å². The molecule has 2 aromatic rings. The van der Waals surface area contributed by atoms with E-state index in [9.17, 15) is 5.21 Å². The van der Waals surface area contributed by atoms with E-state index in [0.717, 1.165) is 18.8 Å². The number of fused-ring (bicyclic) bond motifs is 1. The van der Waals surface area contributed by atoms with Crippen molar-refractivity contribution >= 4 is 0 Å². The van der Waals surface area contributed by atoms with Crippen LogP contribution in [0, 0.1) is 24.2 Å². The third-order valence-corrected chi connectivity index (χ3v) is 7.43. The van der Waals surface area contributed by atoms with Crippen molar-refractivity contribution in [2.75, 3.05) is 0 Å². The number of rotatable bonds is 2. The fraction of sp³-hybridized carbons (Fsp3) is 0.538. The molecule has 0 spiro atoms. The fourth-order valence-corrected chi connectivity index (χ4v) is 5.65. The van der Waals surface area contributed by atoms with Crippen LogP contribution in [0.3, 0.4) is 0 Å². The molecule has 5 atom stereocenters. The highest BCUT2D eigenvalue weighted by Gasteiger charge is 2.47. The van der Waals surface area contributed by atoms with Crippen molar-refractivity contribution in [1.29, 1.82) is 0 Å². The smallest absolute Gasteiger partial charge is 0.0608 e. The molecule has 1 aliphatic heterocycles. The quantitative estimate of drug-likeness (QED) is 0.626. The van der Waals surface area contributed by atoms with Crippen LogP contribution in [0.4, 0.5) is 0 Å². The lowest BCUT2D eigenvalue weighted by molar-refractivity contribution is -0.213. The summed E-state index contributed by atoms with van der Waals surface area (Å²) in [4.78, 5) is 0. The maximum Gasteiger partial charge on any atom is 0.0608 e. The molecular formula is C26H35NO. The Labute approximate surface area is 170 Å². The molecule has 0 radical (unpaired) electrons. The van der Waals surface area contributed by atoms with Crippen LogP contribution in [-0.2, 0) is 0 Å². The topological polar surface area (TPSA) is 23.5 Å². The van der Waals surface area contributed by atoms with E-state index >= 15 is 0 Å². The molecule has 28 heavy (non-hydrogen) atoms. The Morgan fingerprint density at radius 3 is 2.18 bits per heavy atom. The number of hydroxylamine groups is 2. The van der Waals surface area contributed by atoms with Crippen LogP contribution in [0.1, 0.15) is 75.1 Å². The summed E-state index contributed by atoms with van der Waals surface area (Å²) < 4.78 is 0. The summed E-state index contributed by atoms with van der Waals surface area (Å²) in [5.74, 6) is 1.75. The molecule has 0 amide bonds. The summed E-state index contributed by atoms with van der Waals surface area (Å²) in [6.45, 7) is 9.26. The Kier molecular flexibility index (Phi) is 5.37. The Morgan fingerprint density at radius 1 is 0.857 bits per heavy atom. The molecule has 0 aromatic heterocycles. The molecule has 150 valence electrons. The molecule has 0 bridgehead atoms. The van der Waals surface area contributed by atoms with Crippen molar-refractivity contribution in [3.05, 3.63) is 71.3 Å². The third kappa shape index (κ3) is 3.77. The predicted molar refractivity (Wildman–Crippen MR) is 115 cm³/mol. The van der Waals surface area contributed by atoms with Gasteiger partial charge in [-0.05, 0) is 66.9 Å². The van der Waals surface area contributed by atoms with Crippen LogP contribution in [0.25, 0.3) is 0 Å². The molecule has 2 aromatic carbocycles. The monoisotopic (exact) mass is 377 g/mol. The van der Waals surface area contributed by atoms with E-state index in [1.165, 1.54) is 29.5 Å². The number of hydrogen-bond acceptors (Lipinski definition) is 2. The van der Waals surface area contributed by atoms with Crippen LogP contribution in [0.2, 0.25) is 0 Å². The van der Waals surface area contributed by atoms with Gasteiger partial charge in [0.05, 0.1) is 6.04 Å². The minimum atomic E-state index is 0.0817. The molecule has 1 saturated heterocycles. The van der Waals surface area contributed by atoms with Crippen molar-refractivity contribution in [3.63, 3.8) is 0 Å². The lowest BCUT2D eigenvalue weighted by atomic mass is 9.61. The van der Waals surface area contributed by atoms with Gasteiger partial charge < -0.3 is 5.21 Å². The highest BCUT2D eigenvalue weighted by Crippen LogP contribution is 2.53. The van der Waals surface area contributed by atoms with Gasteiger partial charge in [0.15, 0.2) is 0 Å². The highest BCUT2D eigenvalue weighted by atomic mass is 16.5. The van der Waals surface area contributed by atoms with E-state index in [2.05, 4.69) is 82.3 Å². The Balaban J connectivity index is 1.69. The number of aryl methyl sites for hydroxylation is 1. The molecular weight excluding hydrogens is 342 g/mol. The first-order valence-electron chi connectivity index (χ1n) is 10.9. The van der Waals surface area contributed by atoms with Crippen molar-refractivity contribution < 1.29 is 5.21 Å². The number of piperidine rings is 1. The number of nitrogens with zero attached hydrogens (tertiary/aromatic N) is 1. The zero-order chi connectivity index (χ0) is 19.9. The molecule has 1 heterocycles. The minimum Gasteiger partial charge on any atom is -0.313 e. The Morgan fingerprint density at radius 2 is 1.54 bits per heavy atom. The van der Waals surface area contributed by atoms with Crippen LogP contribution in [-0.4, -0.2) is 16.3 Å². The maximum absolute atomic E-state index is 11.3. The van der Waals surface area contributed by atoms with Gasteiger partial charge >= 0.3 is 0 Å². The Bertz CT molecular complexity index is 776. The molecule has 2 heteroatoms. The maximum atomic E-state index is 11.3. The predicted octanol–water partition coefficient (Wildman–Crippen LogP) is 6.75. The van der Waals surface area contributed by atoms with Gasteiger partial charge in [0.25, 0.3) is 0 Å². The van der Waals surface area contributed by atoms with E-state index in [1.807, 2.05) is 0 Å². The van der Waals surface area contributed by atoms with Crippen LogP contribution >= 0.6 is 0 Å². The lowest BCUT2D eigenvalue weighted by Crippen LogP contribution is -2.51. The molecule has 2 unspecified atom stereocenters. The molecule has 2 nitrogen and oxygen atoms in total. The number of benzene rings is 2. The summed E-state index contributed by atoms with van der Waals surface area (Å²) >= 11 is 0. The summed E-state index contributed by atoms with van der Waals surface area (Å²) in [6.07, 6.45) is 4.51. The van der Waals surface area contributed by atoms with Crippen LogP contribution in [0.15, 0.2) is 54.6 Å². The summed E-state index contributed by atoms with van der Waals surface area (Å²) in [5, 5.41) is 13.0. The van der Waals surface area contributed by atoms with Gasteiger partial charge in [-0.3, -0.25) is 0 Å². The van der Waals surface area contributed by atoms with E-state index in [0.29, 0.717) is 17.3 Å². The standard InChI is InChI=1S/C26H35NO/c1-18-10-12-20(13-11-18)25-17-22(19-8-6-5-7-9-19)23-16-21(26(2,3)4)14-15-24(23)27(25)28/h5-13,21-25,28H,14-17H2,1-4H3/t21-,22?,23+,24-,25?/m0/s1. The van der Waals surface area contributed by atoms with Crippen molar-refractivity contribution in [3.8, 4) is 0 Å². The van der Waals surface area contributed by atoms with E-state index in [4.69, 9.17) is 0 Å². The molecule has 2 aliphatic rings. The first-order chi connectivity index (χ1) is 13.3. The summed E-state index contributed by atoms with van der Waals surface area (Å²) in [7, 11) is 0. The van der Waals surface area contributed by atoms with Gasteiger partial charge in [0.2, 0.25) is 0 Å². The molecule has 1 saturated carbocycles. The molecule has 2 fully saturated rings. The van der Waals surface area contributed by atoms with E-state index < -0.39 is 0 Å². The van der Waals surface area contributed by atoms with E-state index in [1.54, 1.807) is 5.06 Å². The fourth-order valence-electron chi connectivity index (χ4n) is 5.65. The second kappa shape index (κ2) is 7.65. The second-order valence-corrected chi connectivity index (χ2v) is 10.2. The van der Waals surface area contributed by atoms with Crippen molar-refractivity contribution in [2.45, 2.75) is 71.4 Å². The molecule has 1 N–H and O–H groups in total. The van der Waals surface area contributed by atoms with Gasteiger partial charge in [-0.2, -0.15) is 5.06 Å². The highest BCUT2D eigenvalue weighted by molar-refractivity contribution is 5.28. The van der Waals surface area contributed by atoms with Gasteiger partial charge in [0.1, 0.15) is 0 Å². The second-order valence-electron chi connectivity index (χ2n) is 10.2. The van der Waals surface area contributed by atoms with Crippen molar-refractivity contribution in [2.24, 2.45) is 17.3 Å². The van der Waals surface area contributed by atoms with Crippen LogP contribution < -0.4 is 0 Å². The average molecular weight is 378 g/mol. The molecule has 4 rings (SSSR count). The van der Waals surface area contributed by atoms with Gasteiger partial charge in [-0.1, -0.05) is 80.9 Å². The average Bonchev–Trinajstić information content (AvgIpc) is 2.69. The number of hydrogen-bond donors (Lipinski definition) is 1. The van der Waals surface area contributed by atoms with Crippen LogP contribution in [0.5, 0.6) is 0 Å². The summed E-state index contributed by atoms with van der Waals surface area (Å²) in [6, 6.07) is 20.1. The Hall–Kier alpha value is -1.64. The summed E-state index contributed by atoms with van der Waals surface area (Å²) in [5.41, 5.74) is 4.29. The minimum absolute atomic E-state index is 0.0817. The first-order valence-corrected chi connectivity index (χ1v) is 10.9. The normalized spacial score (nSPS) is 31.4. The largest absolute Gasteiger partial charge is 0.313 e. The first kappa shape index (κ1) is 19.7. The van der Waals surface area contributed by atoms with E-state index in [-0.39, 0.29) is 12.1 Å². The zero-order valence-electron chi connectivity index (χ0n) is 17.8. The SMILES string of the molecule is Cc1ccc(C2CC(c3ccccc3)[C@H]3C[C@@H](C(C)(C)C)CC[C@@H]3N2O)cc1.